The van der Waals surface area contributed by atoms with Crippen LogP contribution in [-0.2, 0) is 0 Å². The lowest BCUT2D eigenvalue weighted by Crippen LogP contribution is -1.83. The second kappa shape index (κ2) is 4.50. The van der Waals surface area contributed by atoms with Crippen molar-refractivity contribution in [3.8, 4) is 0 Å². The molecule has 0 fully saturated rings. The van der Waals surface area contributed by atoms with Crippen molar-refractivity contribution < 1.29 is 0 Å². The van der Waals surface area contributed by atoms with Crippen molar-refractivity contribution in [1.82, 2.24) is 0 Å². The normalized spacial score (nSPS) is 9.25. The number of allylic oxidation sites excluding steroid dienone is 1. The van der Waals surface area contributed by atoms with E-state index in [9.17, 15) is 0 Å². The molecule has 0 rings (SSSR count). The molecule has 0 saturated carbocycles. The van der Waals surface area contributed by atoms with E-state index in [-0.39, 0.29) is 0 Å². The second-order valence-electron chi connectivity index (χ2n) is 1.95. The maximum absolute atomic E-state index is 5.10. The Morgan fingerprint density at radius 1 is 1.50 bits per heavy atom. The average Bonchev–Trinajstić information content (AvgIpc) is 1.66. The molecule has 0 aliphatic heterocycles. The van der Waals surface area contributed by atoms with Gasteiger partial charge in [0.05, 0.1) is 0 Å². The molecular formula is C6H12BN. The largest absolute Gasteiger partial charge is 0.405 e. The summed E-state index contributed by atoms with van der Waals surface area (Å²) in [6.45, 7) is 4.15. The fourth-order valence-corrected chi connectivity index (χ4v) is 0.382. The quantitative estimate of drug-likeness (QED) is 0.521. The Bertz CT molecular complexity index is 101. The maximum atomic E-state index is 5.10. The monoisotopic (exact) mass is 109 g/mol. The van der Waals surface area contributed by atoms with Crippen LogP contribution in [0.15, 0.2) is 23.7 Å². The molecule has 0 aliphatic rings. The highest BCUT2D eigenvalue weighted by Gasteiger charge is 1.74. The molecule has 0 saturated heterocycles. The molecule has 0 bridgehead atoms. The maximum Gasteiger partial charge on any atom is 0.175 e. The van der Waals surface area contributed by atoms with Gasteiger partial charge in [-0.3, -0.25) is 0 Å². The second-order valence-corrected chi connectivity index (χ2v) is 1.95. The van der Waals surface area contributed by atoms with Gasteiger partial charge in [0.1, 0.15) is 0 Å². The zero-order valence-corrected chi connectivity index (χ0v) is 5.52. The van der Waals surface area contributed by atoms with Gasteiger partial charge in [0.2, 0.25) is 0 Å². The van der Waals surface area contributed by atoms with Gasteiger partial charge in [0, 0.05) is 0 Å². The fourth-order valence-electron chi connectivity index (χ4n) is 0.382. The SMILES string of the molecule is CC(C)=CB/C=C\N. The van der Waals surface area contributed by atoms with E-state index in [1.54, 1.807) is 6.20 Å². The Balaban J connectivity index is 3.30. The molecule has 8 heavy (non-hydrogen) atoms. The molecule has 0 aromatic rings. The minimum absolute atomic E-state index is 0.957. The van der Waals surface area contributed by atoms with Crippen LogP contribution in [-0.4, -0.2) is 7.28 Å². The van der Waals surface area contributed by atoms with E-state index in [0.29, 0.717) is 0 Å². The zero-order chi connectivity index (χ0) is 6.41. The average molecular weight is 109 g/mol. The molecule has 0 aromatic carbocycles. The van der Waals surface area contributed by atoms with E-state index < -0.39 is 0 Å². The van der Waals surface area contributed by atoms with E-state index in [1.807, 2.05) is 5.98 Å². The molecular weight excluding hydrogens is 96.9 g/mol. The van der Waals surface area contributed by atoms with Crippen molar-refractivity contribution in [2.45, 2.75) is 13.8 Å². The molecule has 0 radical (unpaired) electrons. The molecule has 0 unspecified atom stereocenters. The van der Waals surface area contributed by atoms with E-state index in [1.165, 1.54) is 5.57 Å². The van der Waals surface area contributed by atoms with E-state index in [2.05, 4.69) is 19.8 Å². The lowest BCUT2D eigenvalue weighted by atomic mass is 9.77. The van der Waals surface area contributed by atoms with Crippen LogP contribution in [0.5, 0.6) is 0 Å². The van der Waals surface area contributed by atoms with Gasteiger partial charge < -0.3 is 5.73 Å². The van der Waals surface area contributed by atoms with Crippen LogP contribution in [0.3, 0.4) is 0 Å². The van der Waals surface area contributed by atoms with Crippen LogP contribution < -0.4 is 5.73 Å². The summed E-state index contributed by atoms with van der Waals surface area (Å²) in [6, 6.07) is 0. The molecule has 0 aliphatic carbocycles. The number of rotatable bonds is 2. The van der Waals surface area contributed by atoms with Gasteiger partial charge in [0.15, 0.2) is 7.28 Å². The third-order valence-corrected chi connectivity index (χ3v) is 0.798. The summed E-state index contributed by atoms with van der Waals surface area (Å²) in [5.41, 5.74) is 6.44. The van der Waals surface area contributed by atoms with Crippen molar-refractivity contribution in [3.05, 3.63) is 23.7 Å². The highest BCUT2D eigenvalue weighted by atomic mass is 14.5. The first kappa shape index (κ1) is 7.34. The molecule has 1 nitrogen and oxygen atoms in total. The first-order valence-electron chi connectivity index (χ1n) is 2.77. The van der Waals surface area contributed by atoms with E-state index >= 15 is 0 Å². The Kier molecular flexibility index (Phi) is 4.13. The van der Waals surface area contributed by atoms with Crippen molar-refractivity contribution in [2.24, 2.45) is 5.73 Å². The molecule has 0 heterocycles. The van der Waals surface area contributed by atoms with Gasteiger partial charge >= 0.3 is 0 Å². The third kappa shape index (κ3) is 5.34. The first-order valence-corrected chi connectivity index (χ1v) is 2.77. The zero-order valence-electron chi connectivity index (χ0n) is 5.52. The van der Waals surface area contributed by atoms with Gasteiger partial charge in [-0.2, -0.15) is 0 Å². The first-order chi connectivity index (χ1) is 3.77. The van der Waals surface area contributed by atoms with Crippen molar-refractivity contribution in [3.63, 3.8) is 0 Å². The van der Waals surface area contributed by atoms with E-state index in [4.69, 9.17) is 5.73 Å². The van der Waals surface area contributed by atoms with E-state index in [0.717, 1.165) is 7.28 Å². The summed E-state index contributed by atoms with van der Waals surface area (Å²) in [6.07, 6.45) is 1.57. The van der Waals surface area contributed by atoms with Gasteiger partial charge in [-0.15, -0.1) is 5.98 Å². The lowest BCUT2D eigenvalue weighted by molar-refractivity contribution is 1.41. The molecule has 2 heteroatoms. The molecule has 0 amide bonds. The number of nitrogens with two attached hydrogens (primary N) is 1. The fraction of sp³-hybridized carbons (Fsp3) is 0.333. The van der Waals surface area contributed by atoms with Crippen molar-refractivity contribution in [2.75, 3.05) is 0 Å². The highest BCUT2D eigenvalue weighted by molar-refractivity contribution is 6.48. The van der Waals surface area contributed by atoms with Crippen LogP contribution in [0.25, 0.3) is 0 Å². The third-order valence-electron chi connectivity index (χ3n) is 0.798. The minimum atomic E-state index is 0.957. The van der Waals surface area contributed by atoms with Crippen LogP contribution in [0.2, 0.25) is 0 Å². The summed E-state index contributed by atoms with van der Waals surface area (Å²) in [7, 11) is 0.957. The van der Waals surface area contributed by atoms with Crippen molar-refractivity contribution >= 4 is 7.28 Å². The molecule has 2 N–H and O–H groups in total. The van der Waals surface area contributed by atoms with Gasteiger partial charge in [-0.1, -0.05) is 11.5 Å². The summed E-state index contributed by atoms with van der Waals surface area (Å²) in [5.74, 6) is 4.05. The minimum Gasteiger partial charge on any atom is -0.405 e. The molecule has 0 aromatic heterocycles. The predicted molar refractivity (Wildman–Crippen MR) is 39.9 cm³/mol. The Labute approximate surface area is 51.5 Å². The Morgan fingerprint density at radius 2 is 2.12 bits per heavy atom. The van der Waals surface area contributed by atoms with Gasteiger partial charge in [0.25, 0.3) is 0 Å². The Hall–Kier alpha value is -0.655. The van der Waals surface area contributed by atoms with Crippen LogP contribution in [0, 0.1) is 0 Å². The summed E-state index contributed by atoms with van der Waals surface area (Å²) in [4.78, 5) is 0. The number of hydrogen-bond donors (Lipinski definition) is 1. The van der Waals surface area contributed by atoms with Crippen LogP contribution >= 0.6 is 0 Å². The topological polar surface area (TPSA) is 26.0 Å². The summed E-state index contributed by atoms with van der Waals surface area (Å²) >= 11 is 0. The summed E-state index contributed by atoms with van der Waals surface area (Å²) < 4.78 is 0. The highest BCUT2D eigenvalue weighted by Crippen LogP contribution is 1.84. The van der Waals surface area contributed by atoms with Crippen LogP contribution in [0.4, 0.5) is 0 Å². The number of hydrogen-bond acceptors (Lipinski definition) is 1. The molecule has 0 spiro atoms. The van der Waals surface area contributed by atoms with Crippen LogP contribution in [0.1, 0.15) is 13.8 Å². The standard InChI is InChI=1S/C6H12BN/c1-6(2)5-7-3-4-8/h3-5,7H,8H2,1-2H3/b4-3-. The Morgan fingerprint density at radius 3 is 2.50 bits per heavy atom. The smallest absolute Gasteiger partial charge is 0.175 e. The van der Waals surface area contributed by atoms with Crippen molar-refractivity contribution in [1.29, 1.82) is 0 Å². The summed E-state index contributed by atoms with van der Waals surface area (Å²) in [5, 5.41) is 0. The molecule has 44 valence electrons. The molecule has 0 atom stereocenters. The van der Waals surface area contributed by atoms with Gasteiger partial charge in [-0.25, -0.2) is 0 Å². The van der Waals surface area contributed by atoms with Gasteiger partial charge in [-0.05, 0) is 20.0 Å². The predicted octanol–water partition coefficient (Wildman–Crippen LogP) is 0.777. The lowest BCUT2D eigenvalue weighted by Gasteiger charge is -1.81.